The van der Waals surface area contributed by atoms with Crippen LogP contribution in [0.25, 0.3) is 0 Å². The topological polar surface area (TPSA) is 78.9 Å². The van der Waals surface area contributed by atoms with Gasteiger partial charge in [-0.25, -0.2) is 0 Å². The number of hydrogen-bond donors (Lipinski definition) is 0. The lowest BCUT2D eigenvalue weighted by molar-refractivity contribution is -0.167. The summed E-state index contributed by atoms with van der Waals surface area (Å²) in [5.41, 5.74) is 0. The molecule has 1 atom stereocenters. The Morgan fingerprint density at radius 3 is 0.907 bits per heavy atom. The van der Waals surface area contributed by atoms with Gasteiger partial charge in [-0.3, -0.25) is 14.4 Å². The van der Waals surface area contributed by atoms with Gasteiger partial charge in [-0.15, -0.1) is 0 Å². The summed E-state index contributed by atoms with van der Waals surface area (Å²) in [6, 6.07) is 0. The van der Waals surface area contributed by atoms with Gasteiger partial charge in [-0.1, -0.05) is 227 Å². The molecule has 0 aliphatic heterocycles. The van der Waals surface area contributed by atoms with Gasteiger partial charge in [-0.2, -0.15) is 0 Å². The fraction of sp³-hybridized carbons (Fsp3) is 0.938. The van der Waals surface area contributed by atoms with Crippen molar-refractivity contribution in [2.45, 2.75) is 271 Å². The zero-order chi connectivity index (χ0) is 39.6. The van der Waals surface area contributed by atoms with Crippen molar-refractivity contribution in [2.75, 3.05) is 13.2 Å². The zero-order valence-electron chi connectivity index (χ0n) is 36.7. The number of carbonyl (C=O) groups excluding carboxylic acids is 3. The molecule has 0 radical (unpaired) electrons. The first-order chi connectivity index (χ1) is 26.4. The number of unbranched alkanes of at least 4 members (excludes halogenated alkanes) is 30. The standard InChI is InChI=1S/C48H92O6/c1-5-7-9-11-13-15-17-19-24-28-32-36-40-47(50)53-43-45(42-52-46(49)39-35-31-27-23-18-16-14-12-10-8-6-2)54-48(51)41-37-33-29-25-21-20-22-26-30-34-38-44(3)4/h44-45H,5-43H2,1-4H3/t45-/m0/s1. The predicted molar refractivity (Wildman–Crippen MR) is 229 cm³/mol. The molecular weight excluding hydrogens is 673 g/mol. The summed E-state index contributed by atoms with van der Waals surface area (Å²) in [5.74, 6) is -0.0351. The third-order valence-electron chi connectivity index (χ3n) is 10.8. The van der Waals surface area contributed by atoms with E-state index < -0.39 is 6.10 Å². The molecule has 0 aromatic carbocycles. The zero-order valence-corrected chi connectivity index (χ0v) is 36.7. The minimum absolute atomic E-state index is 0.0635. The van der Waals surface area contributed by atoms with Crippen molar-refractivity contribution >= 4 is 17.9 Å². The number of esters is 3. The molecular formula is C48H92O6. The van der Waals surface area contributed by atoms with Gasteiger partial charge in [0.15, 0.2) is 6.10 Å². The van der Waals surface area contributed by atoms with E-state index in [2.05, 4.69) is 27.7 Å². The van der Waals surface area contributed by atoms with Crippen molar-refractivity contribution in [3.8, 4) is 0 Å². The van der Waals surface area contributed by atoms with Crippen LogP contribution in [0.5, 0.6) is 0 Å². The highest BCUT2D eigenvalue weighted by atomic mass is 16.6. The average Bonchev–Trinajstić information content (AvgIpc) is 3.15. The Kier molecular flexibility index (Phi) is 41.3. The van der Waals surface area contributed by atoms with Crippen LogP contribution >= 0.6 is 0 Å². The molecule has 0 rings (SSSR count). The molecule has 54 heavy (non-hydrogen) atoms. The summed E-state index contributed by atoms with van der Waals surface area (Å²) in [4.78, 5) is 37.8. The van der Waals surface area contributed by atoms with Crippen LogP contribution in [0.1, 0.15) is 265 Å². The molecule has 0 aromatic rings. The van der Waals surface area contributed by atoms with E-state index in [9.17, 15) is 14.4 Å². The molecule has 0 aromatic heterocycles. The summed E-state index contributed by atoms with van der Waals surface area (Å²) in [6.45, 7) is 8.99. The van der Waals surface area contributed by atoms with E-state index in [1.54, 1.807) is 0 Å². The van der Waals surface area contributed by atoms with Crippen LogP contribution < -0.4 is 0 Å². The molecule has 0 aliphatic rings. The highest BCUT2D eigenvalue weighted by Gasteiger charge is 2.19. The largest absolute Gasteiger partial charge is 0.462 e. The number of hydrogen-bond acceptors (Lipinski definition) is 6. The minimum Gasteiger partial charge on any atom is -0.462 e. The Balaban J connectivity index is 4.33. The van der Waals surface area contributed by atoms with Gasteiger partial charge >= 0.3 is 17.9 Å². The van der Waals surface area contributed by atoms with Crippen LogP contribution in [0.4, 0.5) is 0 Å². The maximum Gasteiger partial charge on any atom is 0.306 e. The number of carbonyl (C=O) groups is 3. The van der Waals surface area contributed by atoms with Crippen molar-refractivity contribution in [1.29, 1.82) is 0 Å². The molecule has 0 heterocycles. The fourth-order valence-corrected chi connectivity index (χ4v) is 7.16. The lowest BCUT2D eigenvalue weighted by atomic mass is 10.0. The summed E-state index contributed by atoms with van der Waals surface area (Å²) in [6.07, 6.45) is 42.2. The molecule has 0 bridgehead atoms. The first kappa shape index (κ1) is 52.4. The second-order valence-electron chi connectivity index (χ2n) is 16.9. The molecule has 0 N–H and O–H groups in total. The van der Waals surface area contributed by atoms with Crippen molar-refractivity contribution in [2.24, 2.45) is 5.92 Å². The van der Waals surface area contributed by atoms with Crippen molar-refractivity contribution < 1.29 is 28.6 Å². The van der Waals surface area contributed by atoms with Gasteiger partial charge in [0, 0.05) is 19.3 Å². The van der Waals surface area contributed by atoms with Crippen LogP contribution in [-0.2, 0) is 28.6 Å². The molecule has 6 heteroatoms. The van der Waals surface area contributed by atoms with Crippen LogP contribution in [0.15, 0.2) is 0 Å². The second-order valence-corrected chi connectivity index (χ2v) is 16.9. The Labute approximate surface area is 336 Å². The van der Waals surface area contributed by atoms with Crippen molar-refractivity contribution in [3.63, 3.8) is 0 Å². The molecule has 0 aliphatic carbocycles. The van der Waals surface area contributed by atoms with E-state index in [1.807, 2.05) is 0 Å². The predicted octanol–water partition coefficient (Wildman–Crippen LogP) is 15.1. The molecule has 0 unspecified atom stereocenters. The SMILES string of the molecule is CCCCCCCCCCCCCCC(=O)OC[C@H](COC(=O)CCCCCCCCCCCCC)OC(=O)CCCCCCCCCCCCC(C)C. The Morgan fingerprint density at radius 2 is 0.611 bits per heavy atom. The smallest absolute Gasteiger partial charge is 0.306 e. The molecule has 0 amide bonds. The van der Waals surface area contributed by atoms with E-state index in [0.717, 1.165) is 63.7 Å². The highest BCUT2D eigenvalue weighted by Crippen LogP contribution is 2.16. The van der Waals surface area contributed by atoms with E-state index in [4.69, 9.17) is 14.2 Å². The van der Waals surface area contributed by atoms with Crippen LogP contribution in [-0.4, -0.2) is 37.2 Å². The average molecular weight is 765 g/mol. The quantitative estimate of drug-likeness (QED) is 0.0349. The maximum absolute atomic E-state index is 12.7. The lowest BCUT2D eigenvalue weighted by Gasteiger charge is -2.18. The molecule has 320 valence electrons. The van der Waals surface area contributed by atoms with E-state index in [0.29, 0.717) is 19.3 Å². The van der Waals surface area contributed by atoms with Gasteiger partial charge < -0.3 is 14.2 Å². The monoisotopic (exact) mass is 765 g/mol. The Morgan fingerprint density at radius 1 is 0.352 bits per heavy atom. The van der Waals surface area contributed by atoms with E-state index in [1.165, 1.54) is 161 Å². The van der Waals surface area contributed by atoms with E-state index >= 15 is 0 Å². The molecule has 0 saturated heterocycles. The van der Waals surface area contributed by atoms with Gasteiger partial charge in [0.25, 0.3) is 0 Å². The third-order valence-corrected chi connectivity index (χ3v) is 10.8. The molecule has 6 nitrogen and oxygen atoms in total. The third kappa shape index (κ3) is 41.6. The summed E-state index contributed by atoms with van der Waals surface area (Å²) in [5, 5.41) is 0. The summed E-state index contributed by atoms with van der Waals surface area (Å²) in [7, 11) is 0. The van der Waals surface area contributed by atoms with Crippen molar-refractivity contribution in [3.05, 3.63) is 0 Å². The van der Waals surface area contributed by atoms with Gasteiger partial charge in [0.2, 0.25) is 0 Å². The molecule has 0 saturated carbocycles. The maximum atomic E-state index is 12.7. The summed E-state index contributed by atoms with van der Waals surface area (Å²) < 4.78 is 16.7. The van der Waals surface area contributed by atoms with Gasteiger partial charge in [0.05, 0.1) is 0 Å². The molecule has 0 spiro atoms. The minimum atomic E-state index is -0.759. The van der Waals surface area contributed by atoms with Crippen LogP contribution in [0.3, 0.4) is 0 Å². The first-order valence-corrected chi connectivity index (χ1v) is 23.9. The van der Waals surface area contributed by atoms with E-state index in [-0.39, 0.29) is 31.1 Å². The second kappa shape index (κ2) is 42.6. The van der Waals surface area contributed by atoms with Gasteiger partial charge in [0.1, 0.15) is 13.2 Å². The lowest BCUT2D eigenvalue weighted by Crippen LogP contribution is -2.30. The normalized spacial score (nSPS) is 11.9. The van der Waals surface area contributed by atoms with Crippen molar-refractivity contribution in [1.82, 2.24) is 0 Å². The van der Waals surface area contributed by atoms with Crippen LogP contribution in [0.2, 0.25) is 0 Å². The number of ether oxygens (including phenoxy) is 3. The number of rotatable bonds is 43. The summed E-state index contributed by atoms with van der Waals surface area (Å²) >= 11 is 0. The molecule has 0 fully saturated rings. The Hall–Kier alpha value is -1.59. The van der Waals surface area contributed by atoms with Gasteiger partial charge in [-0.05, 0) is 25.2 Å². The first-order valence-electron chi connectivity index (χ1n) is 23.9. The highest BCUT2D eigenvalue weighted by molar-refractivity contribution is 5.71. The fourth-order valence-electron chi connectivity index (χ4n) is 7.16. The van der Waals surface area contributed by atoms with Crippen LogP contribution in [0, 0.1) is 5.92 Å². The Bertz CT molecular complexity index is 811.